The molecule has 0 radical (unpaired) electrons. The van der Waals surface area contributed by atoms with Crippen LogP contribution >= 0.6 is 0 Å². The molecule has 2 aromatic heterocycles. The van der Waals surface area contributed by atoms with Crippen LogP contribution in [0.4, 0.5) is 13.2 Å². The minimum Gasteiger partial charge on any atom is -0.262 e. The van der Waals surface area contributed by atoms with Crippen molar-refractivity contribution in [2.24, 2.45) is 0 Å². The lowest BCUT2D eigenvalue weighted by atomic mass is 10.3. The van der Waals surface area contributed by atoms with Crippen LogP contribution in [-0.4, -0.2) is 14.8 Å². The molecule has 0 fully saturated rings. The third kappa shape index (κ3) is 1.91. The normalized spacial score (nSPS) is 11.8. The van der Waals surface area contributed by atoms with Crippen molar-refractivity contribution in [2.45, 2.75) is 13.1 Å². The molecule has 6 heteroatoms. The predicted octanol–water partition coefficient (Wildman–Crippen LogP) is 2.59. The summed E-state index contributed by atoms with van der Waals surface area (Å²) in [6, 6.07) is 4.30. The lowest BCUT2D eigenvalue weighted by molar-refractivity contribution is -0.141. The molecule has 0 amide bonds. The fourth-order valence-corrected chi connectivity index (χ4v) is 1.35. The van der Waals surface area contributed by atoms with Gasteiger partial charge in [-0.25, -0.2) is 4.68 Å². The van der Waals surface area contributed by atoms with Crippen LogP contribution in [0.3, 0.4) is 0 Å². The molecule has 16 heavy (non-hydrogen) atoms. The first-order valence-electron chi connectivity index (χ1n) is 4.53. The third-order valence-electron chi connectivity index (χ3n) is 2.07. The smallest absolute Gasteiger partial charge is 0.262 e. The summed E-state index contributed by atoms with van der Waals surface area (Å²) >= 11 is 0. The Morgan fingerprint density at radius 3 is 2.56 bits per heavy atom. The van der Waals surface area contributed by atoms with E-state index in [1.165, 1.54) is 10.9 Å². The fraction of sp³-hybridized carbons (Fsp3) is 0.200. The van der Waals surface area contributed by atoms with Crippen molar-refractivity contribution in [1.29, 1.82) is 0 Å². The van der Waals surface area contributed by atoms with Crippen LogP contribution in [0.25, 0.3) is 5.69 Å². The lowest BCUT2D eigenvalue weighted by Crippen LogP contribution is -2.07. The number of halogens is 3. The van der Waals surface area contributed by atoms with E-state index in [1.54, 1.807) is 25.3 Å². The van der Waals surface area contributed by atoms with Crippen LogP contribution in [0.15, 0.2) is 30.6 Å². The number of aryl methyl sites for hydroxylation is 1. The van der Waals surface area contributed by atoms with Crippen molar-refractivity contribution in [1.82, 2.24) is 14.8 Å². The van der Waals surface area contributed by atoms with Crippen LogP contribution < -0.4 is 0 Å². The van der Waals surface area contributed by atoms with E-state index in [9.17, 15) is 13.2 Å². The van der Waals surface area contributed by atoms with E-state index in [4.69, 9.17) is 0 Å². The summed E-state index contributed by atoms with van der Waals surface area (Å²) in [5.41, 5.74) is 0.0321. The zero-order chi connectivity index (χ0) is 11.8. The molecule has 2 aromatic rings. The molecule has 0 saturated carbocycles. The summed E-state index contributed by atoms with van der Waals surface area (Å²) in [4.78, 5) is 3.83. The van der Waals surface area contributed by atoms with Crippen LogP contribution in [0.2, 0.25) is 0 Å². The van der Waals surface area contributed by atoms with Crippen LogP contribution in [0.5, 0.6) is 0 Å². The Labute approximate surface area is 89.5 Å². The van der Waals surface area contributed by atoms with Gasteiger partial charge >= 0.3 is 6.18 Å². The van der Waals surface area contributed by atoms with Crippen molar-refractivity contribution in [3.05, 3.63) is 42.0 Å². The van der Waals surface area contributed by atoms with E-state index in [0.717, 1.165) is 6.07 Å². The molecule has 0 N–H and O–H groups in total. The van der Waals surface area contributed by atoms with Gasteiger partial charge in [0.1, 0.15) is 0 Å². The molecular weight excluding hydrogens is 219 g/mol. The number of hydrogen-bond donors (Lipinski definition) is 0. The minimum absolute atomic E-state index is 0.417. The van der Waals surface area contributed by atoms with Gasteiger partial charge in [0.15, 0.2) is 5.69 Å². The molecular formula is C10H8F3N3. The molecule has 0 aliphatic heterocycles. The molecule has 0 aromatic carbocycles. The zero-order valence-corrected chi connectivity index (χ0v) is 8.36. The Hall–Kier alpha value is -1.85. The van der Waals surface area contributed by atoms with Gasteiger partial charge in [-0.3, -0.25) is 4.98 Å². The quantitative estimate of drug-likeness (QED) is 0.749. The molecule has 0 unspecified atom stereocenters. The third-order valence-corrected chi connectivity index (χ3v) is 2.07. The van der Waals surface area contributed by atoms with Crippen molar-refractivity contribution < 1.29 is 13.2 Å². The summed E-state index contributed by atoms with van der Waals surface area (Å²) in [5.74, 6) is 0. The first-order chi connectivity index (χ1) is 7.48. The van der Waals surface area contributed by atoms with Crippen LogP contribution in [0, 0.1) is 6.92 Å². The van der Waals surface area contributed by atoms with Gasteiger partial charge in [-0.1, -0.05) is 0 Å². The molecule has 0 atom stereocenters. The highest BCUT2D eigenvalue weighted by molar-refractivity contribution is 5.30. The Balaban J connectivity index is 2.48. The molecule has 2 rings (SSSR count). The maximum atomic E-state index is 12.4. The molecule has 0 saturated heterocycles. The Bertz CT molecular complexity index is 488. The molecule has 0 bridgehead atoms. The second-order valence-electron chi connectivity index (χ2n) is 3.29. The second kappa shape index (κ2) is 3.62. The summed E-state index contributed by atoms with van der Waals surface area (Å²) in [5, 5.41) is 3.50. The van der Waals surface area contributed by atoms with Crippen molar-refractivity contribution >= 4 is 0 Å². The summed E-state index contributed by atoms with van der Waals surface area (Å²) in [6.07, 6.45) is -1.41. The minimum atomic E-state index is -4.42. The van der Waals surface area contributed by atoms with E-state index in [0.29, 0.717) is 11.4 Å². The number of alkyl halides is 3. The molecule has 0 aliphatic rings. The number of pyridine rings is 1. The maximum Gasteiger partial charge on any atom is 0.435 e. The van der Waals surface area contributed by atoms with Gasteiger partial charge in [0, 0.05) is 11.9 Å². The average molecular weight is 227 g/mol. The van der Waals surface area contributed by atoms with Gasteiger partial charge in [-0.05, 0) is 25.1 Å². The predicted molar refractivity (Wildman–Crippen MR) is 51.1 cm³/mol. The second-order valence-corrected chi connectivity index (χ2v) is 3.29. The van der Waals surface area contributed by atoms with Gasteiger partial charge in [0.25, 0.3) is 0 Å². The first-order valence-corrected chi connectivity index (χ1v) is 4.53. The SMILES string of the molecule is Cc1cc(C(F)(F)F)nn1-c1cccnc1. The van der Waals surface area contributed by atoms with Gasteiger partial charge < -0.3 is 0 Å². The van der Waals surface area contributed by atoms with Gasteiger partial charge in [0.05, 0.1) is 11.9 Å². The average Bonchev–Trinajstić information content (AvgIpc) is 2.61. The van der Waals surface area contributed by atoms with Crippen LogP contribution in [-0.2, 0) is 6.18 Å². The monoisotopic (exact) mass is 227 g/mol. The highest BCUT2D eigenvalue weighted by atomic mass is 19.4. The summed E-state index contributed by atoms with van der Waals surface area (Å²) in [6.45, 7) is 1.56. The zero-order valence-electron chi connectivity index (χ0n) is 8.36. The van der Waals surface area contributed by atoms with E-state index in [2.05, 4.69) is 10.1 Å². The van der Waals surface area contributed by atoms with Crippen molar-refractivity contribution in [3.8, 4) is 5.69 Å². The highest BCUT2D eigenvalue weighted by Crippen LogP contribution is 2.29. The number of rotatable bonds is 1. The Kier molecular flexibility index (Phi) is 2.41. The largest absolute Gasteiger partial charge is 0.435 e. The van der Waals surface area contributed by atoms with E-state index in [1.807, 2.05) is 0 Å². The maximum absolute atomic E-state index is 12.4. The van der Waals surface area contributed by atoms with E-state index < -0.39 is 11.9 Å². The summed E-state index contributed by atoms with van der Waals surface area (Å²) in [7, 11) is 0. The number of aromatic nitrogens is 3. The molecule has 3 nitrogen and oxygen atoms in total. The number of hydrogen-bond acceptors (Lipinski definition) is 2. The fourth-order valence-electron chi connectivity index (χ4n) is 1.35. The lowest BCUT2D eigenvalue weighted by Gasteiger charge is -2.03. The van der Waals surface area contributed by atoms with Gasteiger partial charge in [-0.15, -0.1) is 0 Å². The Morgan fingerprint density at radius 1 is 1.31 bits per heavy atom. The molecule has 84 valence electrons. The van der Waals surface area contributed by atoms with Gasteiger partial charge in [0.2, 0.25) is 0 Å². The summed E-state index contributed by atoms with van der Waals surface area (Å²) < 4.78 is 38.4. The van der Waals surface area contributed by atoms with Crippen molar-refractivity contribution in [3.63, 3.8) is 0 Å². The molecule has 0 aliphatic carbocycles. The number of nitrogens with zero attached hydrogens (tertiary/aromatic N) is 3. The van der Waals surface area contributed by atoms with Crippen LogP contribution in [0.1, 0.15) is 11.4 Å². The van der Waals surface area contributed by atoms with Gasteiger partial charge in [-0.2, -0.15) is 18.3 Å². The molecule has 0 spiro atoms. The van der Waals surface area contributed by atoms with E-state index >= 15 is 0 Å². The molecule has 2 heterocycles. The highest BCUT2D eigenvalue weighted by Gasteiger charge is 2.34. The standard InChI is InChI=1S/C10H8F3N3/c1-7-5-9(10(11,12)13)15-16(7)8-3-2-4-14-6-8/h2-6H,1H3. The topological polar surface area (TPSA) is 30.7 Å². The van der Waals surface area contributed by atoms with E-state index in [-0.39, 0.29) is 0 Å². The van der Waals surface area contributed by atoms with Crippen molar-refractivity contribution in [2.75, 3.05) is 0 Å². The first kappa shape index (κ1) is 10.7. The Morgan fingerprint density at radius 2 is 2.06 bits per heavy atom.